The molecule has 5 nitrogen and oxygen atoms in total. The monoisotopic (exact) mass is 375 g/mol. The van der Waals surface area contributed by atoms with Gasteiger partial charge in [-0.1, -0.05) is 56.3 Å². The van der Waals surface area contributed by atoms with E-state index in [2.05, 4.69) is 82.2 Å². The Bertz CT molecular complexity index is 881. The molecular formula is C23H29N5. The summed E-state index contributed by atoms with van der Waals surface area (Å²) < 4.78 is 2.15. The molecule has 2 aromatic carbocycles. The fourth-order valence-electron chi connectivity index (χ4n) is 3.09. The third-order valence-electron chi connectivity index (χ3n) is 4.98. The highest BCUT2D eigenvalue weighted by Gasteiger charge is 2.05. The van der Waals surface area contributed by atoms with E-state index in [1.54, 1.807) is 0 Å². The van der Waals surface area contributed by atoms with E-state index in [1.165, 1.54) is 11.1 Å². The zero-order valence-corrected chi connectivity index (χ0v) is 16.7. The molecule has 0 amide bonds. The van der Waals surface area contributed by atoms with Gasteiger partial charge in [0.25, 0.3) is 0 Å². The van der Waals surface area contributed by atoms with Crippen LogP contribution in [0, 0.1) is 0 Å². The first-order chi connectivity index (χ1) is 13.7. The minimum absolute atomic E-state index is 0.428. The van der Waals surface area contributed by atoms with Crippen LogP contribution in [0.1, 0.15) is 43.1 Å². The Morgan fingerprint density at radius 1 is 1.14 bits per heavy atom. The molecule has 1 heterocycles. The maximum absolute atomic E-state index is 6.04. The van der Waals surface area contributed by atoms with E-state index < -0.39 is 0 Å². The van der Waals surface area contributed by atoms with Crippen molar-refractivity contribution in [1.82, 2.24) is 9.55 Å². The average molecular weight is 376 g/mol. The van der Waals surface area contributed by atoms with Gasteiger partial charge in [0.05, 0.1) is 0 Å². The Kier molecular flexibility index (Phi) is 6.84. The molecule has 1 atom stereocenters. The van der Waals surface area contributed by atoms with Crippen LogP contribution in [-0.2, 0) is 13.0 Å². The topological polar surface area (TPSA) is 68.2 Å². The largest absolute Gasteiger partial charge is 0.370 e. The number of rotatable bonds is 8. The summed E-state index contributed by atoms with van der Waals surface area (Å²) in [6, 6.07) is 18.8. The number of guanidine groups is 1. The number of nitrogens with zero attached hydrogens (tertiary/aromatic N) is 3. The first-order valence-electron chi connectivity index (χ1n) is 9.86. The molecule has 0 aliphatic heterocycles. The second-order valence-corrected chi connectivity index (χ2v) is 7.03. The van der Waals surface area contributed by atoms with Crippen LogP contribution in [0.15, 0.2) is 72.0 Å². The Labute approximate surface area is 167 Å². The molecular weight excluding hydrogens is 346 g/mol. The van der Waals surface area contributed by atoms with Gasteiger partial charge < -0.3 is 15.6 Å². The number of aromatic nitrogens is 2. The fraction of sp³-hybridized carbons (Fsp3) is 0.304. The van der Waals surface area contributed by atoms with Crippen LogP contribution in [0.25, 0.3) is 0 Å². The average Bonchev–Trinajstić information content (AvgIpc) is 3.15. The molecule has 0 aliphatic carbocycles. The van der Waals surface area contributed by atoms with Gasteiger partial charge in [0.15, 0.2) is 5.96 Å². The van der Waals surface area contributed by atoms with Crippen molar-refractivity contribution in [3.63, 3.8) is 0 Å². The molecule has 0 bridgehead atoms. The third kappa shape index (κ3) is 5.46. The van der Waals surface area contributed by atoms with Gasteiger partial charge in [0.2, 0.25) is 0 Å². The standard InChI is InChI=1S/C23H29N5/c1-3-18(2)20-9-11-21(12-10-20)27-23(24)26-14-13-22-25-15-16-28(22)17-19-7-5-4-6-8-19/h4-12,15-16,18H,3,13-14,17H2,1-2H3,(H3,24,26,27). The summed E-state index contributed by atoms with van der Waals surface area (Å²) in [6.45, 7) is 5.85. The van der Waals surface area contributed by atoms with Crippen molar-refractivity contribution < 1.29 is 0 Å². The number of nitrogens with one attached hydrogen (secondary N) is 1. The fourth-order valence-corrected chi connectivity index (χ4v) is 3.09. The summed E-state index contributed by atoms with van der Waals surface area (Å²) >= 11 is 0. The lowest BCUT2D eigenvalue weighted by atomic mass is 9.99. The van der Waals surface area contributed by atoms with Crippen LogP contribution in [-0.4, -0.2) is 22.1 Å². The lowest BCUT2D eigenvalue weighted by Gasteiger charge is -2.11. The molecule has 0 saturated carbocycles. The van der Waals surface area contributed by atoms with Crippen LogP contribution >= 0.6 is 0 Å². The van der Waals surface area contributed by atoms with Crippen LogP contribution in [0.2, 0.25) is 0 Å². The highest BCUT2D eigenvalue weighted by atomic mass is 15.1. The van der Waals surface area contributed by atoms with E-state index >= 15 is 0 Å². The molecule has 0 radical (unpaired) electrons. The number of benzene rings is 2. The third-order valence-corrected chi connectivity index (χ3v) is 4.98. The van der Waals surface area contributed by atoms with E-state index in [0.717, 1.165) is 30.9 Å². The van der Waals surface area contributed by atoms with E-state index in [9.17, 15) is 0 Å². The summed E-state index contributed by atoms with van der Waals surface area (Å²) in [6.07, 6.45) is 5.72. The molecule has 1 aromatic heterocycles. The quantitative estimate of drug-likeness (QED) is 0.452. The molecule has 3 aromatic rings. The Morgan fingerprint density at radius 2 is 1.89 bits per heavy atom. The second-order valence-electron chi connectivity index (χ2n) is 7.03. The van der Waals surface area contributed by atoms with Crippen LogP contribution < -0.4 is 11.1 Å². The van der Waals surface area contributed by atoms with Gasteiger partial charge in [0.1, 0.15) is 5.82 Å². The highest BCUT2D eigenvalue weighted by molar-refractivity contribution is 5.92. The normalized spacial score (nSPS) is 12.7. The highest BCUT2D eigenvalue weighted by Crippen LogP contribution is 2.20. The number of hydrogen-bond donors (Lipinski definition) is 2. The number of imidazole rings is 1. The van der Waals surface area contributed by atoms with Gasteiger partial charge in [0, 0.05) is 37.6 Å². The lowest BCUT2D eigenvalue weighted by molar-refractivity contribution is 0.716. The van der Waals surface area contributed by atoms with E-state index in [0.29, 0.717) is 18.4 Å². The summed E-state index contributed by atoms with van der Waals surface area (Å²) in [7, 11) is 0. The van der Waals surface area contributed by atoms with Crippen molar-refractivity contribution in [1.29, 1.82) is 0 Å². The lowest BCUT2D eigenvalue weighted by Crippen LogP contribution is -2.23. The zero-order chi connectivity index (χ0) is 19.8. The number of aliphatic imine (C=N–C) groups is 1. The van der Waals surface area contributed by atoms with Crippen molar-refractivity contribution in [3.05, 3.63) is 83.9 Å². The van der Waals surface area contributed by atoms with E-state index in [4.69, 9.17) is 5.73 Å². The molecule has 146 valence electrons. The molecule has 3 rings (SSSR count). The number of nitrogens with two attached hydrogens (primary N) is 1. The van der Waals surface area contributed by atoms with Gasteiger partial charge in [-0.25, -0.2) is 4.98 Å². The molecule has 3 N–H and O–H groups in total. The smallest absolute Gasteiger partial charge is 0.193 e. The summed E-state index contributed by atoms with van der Waals surface area (Å²) in [5.41, 5.74) is 9.60. The van der Waals surface area contributed by atoms with Crippen LogP contribution in [0.3, 0.4) is 0 Å². The van der Waals surface area contributed by atoms with Crippen molar-refractivity contribution in [2.24, 2.45) is 10.7 Å². The maximum Gasteiger partial charge on any atom is 0.193 e. The van der Waals surface area contributed by atoms with Gasteiger partial charge in [-0.15, -0.1) is 0 Å². The number of hydrogen-bond acceptors (Lipinski definition) is 2. The van der Waals surface area contributed by atoms with Crippen molar-refractivity contribution >= 4 is 11.6 Å². The Morgan fingerprint density at radius 3 is 2.61 bits per heavy atom. The van der Waals surface area contributed by atoms with Crippen LogP contribution in [0.5, 0.6) is 0 Å². The van der Waals surface area contributed by atoms with Crippen molar-refractivity contribution in [2.45, 2.75) is 39.2 Å². The zero-order valence-electron chi connectivity index (χ0n) is 16.7. The second kappa shape index (κ2) is 9.74. The Balaban J connectivity index is 1.53. The van der Waals surface area contributed by atoms with Gasteiger partial charge >= 0.3 is 0 Å². The molecule has 1 unspecified atom stereocenters. The number of anilines is 1. The first-order valence-corrected chi connectivity index (χ1v) is 9.86. The van der Waals surface area contributed by atoms with Gasteiger partial charge in [-0.3, -0.25) is 4.99 Å². The molecule has 5 heteroatoms. The van der Waals surface area contributed by atoms with Crippen molar-refractivity contribution in [2.75, 3.05) is 11.9 Å². The minimum Gasteiger partial charge on any atom is -0.370 e. The molecule has 0 fully saturated rings. The predicted molar refractivity (Wildman–Crippen MR) is 117 cm³/mol. The molecule has 0 aliphatic rings. The van der Waals surface area contributed by atoms with E-state index in [1.807, 2.05) is 18.5 Å². The van der Waals surface area contributed by atoms with Crippen LogP contribution in [0.4, 0.5) is 5.69 Å². The Hall–Kier alpha value is -3.08. The predicted octanol–water partition coefficient (Wildman–Crippen LogP) is 4.41. The van der Waals surface area contributed by atoms with Gasteiger partial charge in [-0.2, -0.15) is 0 Å². The molecule has 28 heavy (non-hydrogen) atoms. The van der Waals surface area contributed by atoms with Crippen molar-refractivity contribution in [3.8, 4) is 0 Å². The first kappa shape index (κ1) is 19.7. The molecule has 0 saturated heterocycles. The summed E-state index contributed by atoms with van der Waals surface area (Å²) in [5, 5.41) is 3.16. The summed E-state index contributed by atoms with van der Waals surface area (Å²) in [4.78, 5) is 8.91. The SMILES string of the molecule is CCC(C)c1ccc(NC(N)=NCCc2nccn2Cc2ccccc2)cc1. The summed E-state index contributed by atoms with van der Waals surface area (Å²) in [5.74, 6) is 2.01. The van der Waals surface area contributed by atoms with E-state index in [-0.39, 0.29) is 0 Å². The molecule has 0 spiro atoms. The minimum atomic E-state index is 0.428. The maximum atomic E-state index is 6.04. The van der Waals surface area contributed by atoms with Gasteiger partial charge in [-0.05, 0) is 35.6 Å².